The van der Waals surface area contributed by atoms with E-state index >= 15 is 0 Å². The molecule has 0 unspecified atom stereocenters. The molecule has 0 atom stereocenters. The average molecular weight is 355 g/mol. The number of hydrogen-bond acceptors (Lipinski definition) is 2. The molecular weight excluding hydrogens is 346 g/mol. The third kappa shape index (κ3) is 3.37. The Morgan fingerprint density at radius 3 is 2.30 bits per heavy atom. The van der Waals surface area contributed by atoms with Crippen molar-refractivity contribution in [3.63, 3.8) is 0 Å². The summed E-state index contributed by atoms with van der Waals surface area (Å²) in [5, 5.41) is 12.0. The lowest BCUT2D eigenvalue weighted by atomic mass is 10.2. The highest BCUT2D eigenvalue weighted by molar-refractivity contribution is 9.10. The number of carboxylic acids is 1. The normalized spacial score (nSPS) is 10.1. The lowest BCUT2D eigenvalue weighted by Gasteiger charge is -2.07. The van der Waals surface area contributed by atoms with Gasteiger partial charge in [0, 0.05) is 15.2 Å². The summed E-state index contributed by atoms with van der Waals surface area (Å²) in [5.74, 6) is -1.32. The van der Waals surface area contributed by atoms with Crippen LogP contribution in [-0.4, -0.2) is 17.0 Å². The molecule has 0 heterocycles. The van der Waals surface area contributed by atoms with Crippen LogP contribution < -0.4 is 5.32 Å². The van der Waals surface area contributed by atoms with Gasteiger partial charge in [0.1, 0.15) is 0 Å². The van der Waals surface area contributed by atoms with Gasteiger partial charge in [-0.05, 0) is 58.4 Å². The first-order valence-corrected chi connectivity index (χ1v) is 6.74. The van der Waals surface area contributed by atoms with Crippen LogP contribution in [0.4, 0.5) is 5.69 Å². The molecule has 0 saturated carbocycles. The topological polar surface area (TPSA) is 66.4 Å². The van der Waals surface area contributed by atoms with Gasteiger partial charge in [-0.1, -0.05) is 11.6 Å². The van der Waals surface area contributed by atoms with Gasteiger partial charge in [0.15, 0.2) is 0 Å². The van der Waals surface area contributed by atoms with Crippen molar-refractivity contribution in [1.29, 1.82) is 0 Å². The van der Waals surface area contributed by atoms with E-state index in [4.69, 9.17) is 16.7 Å². The van der Waals surface area contributed by atoms with Gasteiger partial charge in [-0.3, -0.25) is 4.79 Å². The van der Waals surface area contributed by atoms with Gasteiger partial charge in [0.2, 0.25) is 0 Å². The predicted molar refractivity (Wildman–Crippen MR) is 80.5 cm³/mol. The number of anilines is 1. The summed E-state index contributed by atoms with van der Waals surface area (Å²) in [5.41, 5.74) is 1.12. The molecule has 0 aliphatic carbocycles. The van der Waals surface area contributed by atoms with Gasteiger partial charge in [-0.15, -0.1) is 0 Å². The highest BCUT2D eigenvalue weighted by Crippen LogP contribution is 2.22. The second-order valence-electron chi connectivity index (χ2n) is 3.96. The SMILES string of the molecule is O=C(O)c1ccc(NC(=O)c2ccc(Cl)cc2Br)cc1. The molecule has 6 heteroatoms. The van der Waals surface area contributed by atoms with E-state index in [0.29, 0.717) is 20.7 Å². The monoisotopic (exact) mass is 353 g/mol. The fourth-order valence-corrected chi connectivity index (χ4v) is 2.43. The molecular formula is C14H9BrClNO3. The number of hydrogen-bond donors (Lipinski definition) is 2. The van der Waals surface area contributed by atoms with E-state index in [2.05, 4.69) is 21.2 Å². The van der Waals surface area contributed by atoms with Crippen molar-refractivity contribution in [2.24, 2.45) is 0 Å². The number of carbonyl (C=O) groups is 2. The third-order valence-corrected chi connectivity index (χ3v) is 3.46. The number of aromatic carboxylic acids is 1. The second-order valence-corrected chi connectivity index (χ2v) is 5.25. The molecule has 4 nitrogen and oxygen atoms in total. The van der Waals surface area contributed by atoms with Crippen LogP contribution in [0.3, 0.4) is 0 Å². The molecule has 20 heavy (non-hydrogen) atoms. The van der Waals surface area contributed by atoms with Crippen molar-refractivity contribution in [2.45, 2.75) is 0 Å². The minimum atomic E-state index is -1.01. The Kier molecular flexibility index (Phi) is 4.42. The van der Waals surface area contributed by atoms with Crippen LogP contribution in [-0.2, 0) is 0 Å². The minimum absolute atomic E-state index is 0.163. The molecule has 1 amide bonds. The van der Waals surface area contributed by atoms with Crippen LogP contribution in [0.15, 0.2) is 46.9 Å². The first kappa shape index (κ1) is 14.6. The molecule has 0 bridgehead atoms. The molecule has 0 fully saturated rings. The van der Waals surface area contributed by atoms with Crippen molar-refractivity contribution >= 4 is 45.1 Å². The third-order valence-electron chi connectivity index (χ3n) is 2.57. The number of amides is 1. The molecule has 0 aliphatic rings. The number of carbonyl (C=O) groups excluding carboxylic acids is 1. The van der Waals surface area contributed by atoms with Gasteiger partial charge in [-0.25, -0.2) is 4.79 Å². The molecule has 2 aromatic carbocycles. The molecule has 102 valence electrons. The maximum Gasteiger partial charge on any atom is 0.335 e. The fourth-order valence-electron chi connectivity index (χ4n) is 1.57. The number of carboxylic acid groups (broad SMARTS) is 1. The van der Waals surface area contributed by atoms with E-state index in [1.807, 2.05) is 0 Å². The number of halogens is 2. The van der Waals surface area contributed by atoms with E-state index in [-0.39, 0.29) is 11.5 Å². The average Bonchev–Trinajstić information content (AvgIpc) is 2.39. The van der Waals surface area contributed by atoms with Crippen molar-refractivity contribution < 1.29 is 14.7 Å². The van der Waals surface area contributed by atoms with E-state index in [1.54, 1.807) is 18.2 Å². The second kappa shape index (κ2) is 6.07. The summed E-state index contributed by atoms with van der Waals surface area (Å²) < 4.78 is 0.588. The molecule has 0 aliphatic heterocycles. The first-order valence-electron chi connectivity index (χ1n) is 5.57. The van der Waals surface area contributed by atoms with Crippen molar-refractivity contribution in [2.75, 3.05) is 5.32 Å². The zero-order valence-corrected chi connectivity index (χ0v) is 12.4. The van der Waals surface area contributed by atoms with Crippen LogP contribution in [0.2, 0.25) is 5.02 Å². The number of rotatable bonds is 3. The zero-order valence-electron chi connectivity index (χ0n) is 10.1. The summed E-state index contributed by atoms with van der Waals surface area (Å²) in [7, 11) is 0. The van der Waals surface area contributed by atoms with Crippen LogP contribution in [0, 0.1) is 0 Å². The number of benzene rings is 2. The summed E-state index contributed by atoms with van der Waals surface area (Å²) in [4.78, 5) is 22.8. The van der Waals surface area contributed by atoms with Gasteiger partial charge < -0.3 is 10.4 Å². The van der Waals surface area contributed by atoms with E-state index in [1.165, 1.54) is 24.3 Å². The van der Waals surface area contributed by atoms with E-state index in [0.717, 1.165) is 0 Å². The molecule has 2 aromatic rings. The standard InChI is InChI=1S/C14H9BrClNO3/c15-12-7-9(16)3-6-11(12)13(18)17-10-4-1-8(2-5-10)14(19)20/h1-7H,(H,17,18)(H,19,20). The Hall–Kier alpha value is -1.85. The maximum atomic E-state index is 12.1. The lowest BCUT2D eigenvalue weighted by molar-refractivity contribution is 0.0696. The maximum absolute atomic E-state index is 12.1. The van der Waals surface area contributed by atoms with E-state index in [9.17, 15) is 9.59 Å². The van der Waals surface area contributed by atoms with Gasteiger partial charge >= 0.3 is 5.97 Å². The summed E-state index contributed by atoms with van der Waals surface area (Å²) >= 11 is 9.08. The highest BCUT2D eigenvalue weighted by Gasteiger charge is 2.11. The Bertz CT molecular complexity index is 671. The smallest absolute Gasteiger partial charge is 0.335 e. The molecule has 0 aromatic heterocycles. The largest absolute Gasteiger partial charge is 0.478 e. The van der Waals surface area contributed by atoms with Crippen LogP contribution >= 0.6 is 27.5 Å². The number of nitrogens with one attached hydrogen (secondary N) is 1. The summed E-state index contributed by atoms with van der Waals surface area (Å²) in [6.45, 7) is 0. The molecule has 2 rings (SSSR count). The zero-order chi connectivity index (χ0) is 14.7. The fraction of sp³-hybridized carbons (Fsp3) is 0. The first-order chi connectivity index (χ1) is 9.47. The molecule has 0 saturated heterocycles. The lowest BCUT2D eigenvalue weighted by Crippen LogP contribution is -2.12. The highest BCUT2D eigenvalue weighted by atomic mass is 79.9. The molecule has 0 spiro atoms. The van der Waals surface area contributed by atoms with Crippen LogP contribution in [0.1, 0.15) is 20.7 Å². The Labute approximate surface area is 128 Å². The summed E-state index contributed by atoms with van der Waals surface area (Å²) in [6, 6.07) is 10.8. The van der Waals surface area contributed by atoms with Crippen molar-refractivity contribution in [1.82, 2.24) is 0 Å². The summed E-state index contributed by atoms with van der Waals surface area (Å²) in [6.07, 6.45) is 0. The van der Waals surface area contributed by atoms with Crippen LogP contribution in [0.5, 0.6) is 0 Å². The van der Waals surface area contributed by atoms with E-state index < -0.39 is 5.97 Å². The predicted octanol–water partition coefficient (Wildman–Crippen LogP) is 4.05. The van der Waals surface area contributed by atoms with Crippen molar-refractivity contribution in [3.8, 4) is 0 Å². The minimum Gasteiger partial charge on any atom is -0.478 e. The quantitative estimate of drug-likeness (QED) is 0.874. The Morgan fingerprint density at radius 2 is 1.75 bits per heavy atom. The van der Waals surface area contributed by atoms with Gasteiger partial charge in [0.05, 0.1) is 11.1 Å². The van der Waals surface area contributed by atoms with Crippen LogP contribution in [0.25, 0.3) is 0 Å². The van der Waals surface area contributed by atoms with Gasteiger partial charge in [0.25, 0.3) is 5.91 Å². The Balaban J connectivity index is 2.17. The molecule has 0 radical (unpaired) electrons. The molecule has 2 N–H and O–H groups in total. The Morgan fingerprint density at radius 1 is 1.10 bits per heavy atom. The van der Waals surface area contributed by atoms with Crippen molar-refractivity contribution in [3.05, 3.63) is 63.1 Å². The van der Waals surface area contributed by atoms with Gasteiger partial charge in [-0.2, -0.15) is 0 Å².